The smallest absolute Gasteiger partial charge is 0.0817 e. The minimum atomic E-state index is 1.11. The summed E-state index contributed by atoms with van der Waals surface area (Å²) in [5.41, 5.74) is 1.14. The lowest BCUT2D eigenvalue weighted by molar-refractivity contribution is 0.334. The summed E-state index contributed by atoms with van der Waals surface area (Å²) in [5.74, 6) is 5.66. The van der Waals surface area contributed by atoms with E-state index in [0.29, 0.717) is 0 Å². The van der Waals surface area contributed by atoms with Gasteiger partial charge in [0.15, 0.2) is 0 Å². The predicted molar refractivity (Wildman–Crippen MR) is 117 cm³/mol. The van der Waals surface area contributed by atoms with Crippen LogP contribution in [-0.4, -0.2) is 13.4 Å². The highest BCUT2D eigenvalue weighted by Gasteiger charge is 2.52. The lowest BCUT2D eigenvalue weighted by Gasteiger charge is -2.52. The fourth-order valence-corrected chi connectivity index (χ4v) is 9.23. The lowest BCUT2D eigenvalue weighted by Crippen LogP contribution is -2.50. The molecule has 0 nitrogen and oxygen atoms in total. The zero-order chi connectivity index (χ0) is 17.3. The predicted octanol–water partition coefficient (Wildman–Crippen LogP) is 8.07. The first-order valence-corrected chi connectivity index (χ1v) is 12.9. The van der Waals surface area contributed by atoms with Gasteiger partial charge >= 0.3 is 0 Å². The van der Waals surface area contributed by atoms with Crippen molar-refractivity contribution in [3.8, 4) is 0 Å². The van der Waals surface area contributed by atoms with Crippen molar-refractivity contribution >= 4 is 13.4 Å². The fraction of sp³-hybridized carbons (Fsp3) is 1.00. The number of hydrogen-bond acceptors (Lipinski definition) is 0. The van der Waals surface area contributed by atoms with E-state index in [4.69, 9.17) is 0 Å². The Kier molecular flexibility index (Phi) is 5.76. The van der Waals surface area contributed by atoms with E-state index in [1.807, 2.05) is 0 Å². The van der Waals surface area contributed by atoms with Crippen LogP contribution in [-0.2, 0) is 0 Å². The Morgan fingerprint density at radius 1 is 0.462 bits per heavy atom. The fourth-order valence-electron chi connectivity index (χ4n) is 9.23. The van der Waals surface area contributed by atoms with Crippen LogP contribution in [0.2, 0.25) is 29.0 Å². The molecule has 5 fully saturated rings. The molecule has 0 aromatic rings. The van der Waals surface area contributed by atoms with E-state index >= 15 is 0 Å². The molecule has 0 unspecified atom stereocenters. The van der Waals surface area contributed by atoms with Gasteiger partial charge in [-0.05, 0) is 5.92 Å². The third-order valence-corrected chi connectivity index (χ3v) is 10.1. The summed E-state index contributed by atoms with van der Waals surface area (Å²) in [5, 5.41) is 0. The van der Waals surface area contributed by atoms with Crippen molar-refractivity contribution in [2.75, 3.05) is 0 Å². The first-order chi connectivity index (χ1) is 12.9. The van der Waals surface area contributed by atoms with Crippen LogP contribution >= 0.6 is 0 Å². The average Bonchev–Trinajstić information content (AvgIpc) is 2.66. The number of hydrogen-bond donors (Lipinski definition) is 0. The molecule has 0 amide bonds. The minimum Gasteiger partial charge on any atom is -0.0817 e. The van der Waals surface area contributed by atoms with Crippen LogP contribution in [0.25, 0.3) is 0 Å². The van der Waals surface area contributed by atoms with Crippen LogP contribution in [0, 0.1) is 5.92 Å². The molecule has 2 heteroatoms. The molecule has 0 radical (unpaired) electrons. The summed E-state index contributed by atoms with van der Waals surface area (Å²) >= 11 is 0. The Bertz CT molecular complexity index is 381. The molecule has 26 heavy (non-hydrogen) atoms. The Morgan fingerprint density at radius 3 is 1.23 bits per heavy atom. The van der Waals surface area contributed by atoms with Gasteiger partial charge in [0, 0.05) is 0 Å². The molecule has 0 atom stereocenters. The molecular weight excluding hydrogens is 310 g/mol. The quantitative estimate of drug-likeness (QED) is 0.449. The van der Waals surface area contributed by atoms with Crippen molar-refractivity contribution in [2.24, 2.45) is 5.92 Å². The second kappa shape index (κ2) is 8.24. The monoisotopic (exact) mass is 352 g/mol. The maximum Gasteiger partial charge on any atom is 0.142 e. The van der Waals surface area contributed by atoms with Gasteiger partial charge in [0.25, 0.3) is 0 Å². The highest BCUT2D eigenvalue weighted by molar-refractivity contribution is 6.83. The molecule has 0 spiro atoms. The summed E-state index contributed by atoms with van der Waals surface area (Å²) in [6, 6.07) is 0. The van der Waals surface area contributed by atoms with Gasteiger partial charge in [0.2, 0.25) is 0 Å². The number of rotatable bonds is 4. The third kappa shape index (κ3) is 3.57. The van der Waals surface area contributed by atoms with E-state index in [2.05, 4.69) is 0 Å². The van der Waals surface area contributed by atoms with Crippen LogP contribution in [0.3, 0.4) is 0 Å². The van der Waals surface area contributed by atoms with Crippen LogP contribution in [0.15, 0.2) is 0 Å². The SMILES string of the molecule is C1CCC(CC(B2C3CCCC2CCC3)B2C3CCCC2CCC3)CC1. The Balaban J connectivity index is 1.42. The van der Waals surface area contributed by atoms with Crippen molar-refractivity contribution in [1.82, 2.24) is 0 Å². The normalized spacial score (nSPS) is 39.7. The van der Waals surface area contributed by atoms with Gasteiger partial charge in [-0.2, -0.15) is 0 Å². The Labute approximate surface area is 164 Å². The van der Waals surface area contributed by atoms with Gasteiger partial charge in [0.1, 0.15) is 13.4 Å². The molecule has 4 heterocycles. The topological polar surface area (TPSA) is 0 Å². The molecule has 0 N–H and O–H groups in total. The standard InChI is InChI=1S/C24H42B2/c1-2-8-19(9-3-1)18-24(25-20-10-4-11-21(25)13-5-12-20)26-22-14-6-15-23(26)17-7-16-22/h19-24H,1-18H2. The molecule has 4 saturated heterocycles. The van der Waals surface area contributed by atoms with Crippen molar-refractivity contribution in [3.63, 3.8) is 0 Å². The molecule has 1 saturated carbocycles. The van der Waals surface area contributed by atoms with Crippen LogP contribution in [0.1, 0.15) is 116 Å². The van der Waals surface area contributed by atoms with E-state index in [0.717, 1.165) is 48.3 Å². The van der Waals surface area contributed by atoms with Gasteiger partial charge in [-0.15, -0.1) is 0 Å². The third-order valence-electron chi connectivity index (χ3n) is 10.1. The van der Waals surface area contributed by atoms with E-state index in [1.54, 1.807) is 109 Å². The molecule has 0 aromatic heterocycles. The van der Waals surface area contributed by atoms with Crippen LogP contribution in [0.4, 0.5) is 0 Å². The molecule has 4 bridgehead atoms. The second-order valence-corrected chi connectivity index (χ2v) is 11.3. The Hall–Kier alpha value is 0.130. The zero-order valence-corrected chi connectivity index (χ0v) is 17.3. The summed E-state index contributed by atoms with van der Waals surface area (Å²) in [6.45, 7) is 2.32. The molecule has 5 aliphatic rings. The molecular formula is C24H42B2. The first kappa shape index (κ1) is 18.2. The summed E-state index contributed by atoms with van der Waals surface area (Å²) in [6.07, 6.45) is 28.5. The van der Waals surface area contributed by atoms with Crippen LogP contribution < -0.4 is 0 Å². The van der Waals surface area contributed by atoms with E-state index in [1.165, 1.54) is 6.42 Å². The van der Waals surface area contributed by atoms with Gasteiger partial charge in [-0.3, -0.25) is 0 Å². The largest absolute Gasteiger partial charge is 0.142 e. The summed E-state index contributed by atoms with van der Waals surface area (Å²) in [7, 11) is 0. The minimum absolute atomic E-state index is 1.11. The lowest BCUT2D eigenvalue weighted by atomic mass is 9.06. The highest BCUT2D eigenvalue weighted by atomic mass is 14.3. The molecule has 144 valence electrons. The van der Waals surface area contributed by atoms with Crippen molar-refractivity contribution < 1.29 is 0 Å². The molecule has 0 aromatic carbocycles. The number of fused-ring (bicyclic) bond motifs is 4. The molecule has 5 rings (SSSR count). The second-order valence-electron chi connectivity index (χ2n) is 11.3. The zero-order valence-electron chi connectivity index (χ0n) is 17.3. The van der Waals surface area contributed by atoms with Gasteiger partial charge in [-0.1, -0.05) is 145 Å². The average molecular weight is 352 g/mol. The first-order valence-electron chi connectivity index (χ1n) is 12.9. The molecule has 4 aliphatic heterocycles. The highest BCUT2D eigenvalue weighted by Crippen LogP contribution is 2.58. The van der Waals surface area contributed by atoms with Gasteiger partial charge < -0.3 is 0 Å². The van der Waals surface area contributed by atoms with Crippen molar-refractivity contribution in [1.29, 1.82) is 0 Å². The Morgan fingerprint density at radius 2 is 0.846 bits per heavy atom. The van der Waals surface area contributed by atoms with Gasteiger partial charge in [0.05, 0.1) is 0 Å². The summed E-state index contributed by atoms with van der Waals surface area (Å²) in [4.78, 5) is 0. The van der Waals surface area contributed by atoms with E-state index < -0.39 is 0 Å². The summed E-state index contributed by atoms with van der Waals surface area (Å²) < 4.78 is 0. The maximum absolute atomic E-state index is 1.66. The molecule has 1 aliphatic carbocycles. The van der Waals surface area contributed by atoms with E-state index in [-0.39, 0.29) is 0 Å². The van der Waals surface area contributed by atoms with Gasteiger partial charge in [-0.25, -0.2) is 0 Å². The van der Waals surface area contributed by atoms with Crippen LogP contribution in [0.5, 0.6) is 0 Å². The van der Waals surface area contributed by atoms with Crippen molar-refractivity contribution in [3.05, 3.63) is 0 Å². The van der Waals surface area contributed by atoms with E-state index in [9.17, 15) is 0 Å². The van der Waals surface area contributed by atoms with Crippen molar-refractivity contribution in [2.45, 2.75) is 145 Å². The maximum atomic E-state index is 1.66.